The average Bonchev–Trinajstić information content (AvgIpc) is 2.90. The van der Waals surface area contributed by atoms with E-state index in [4.69, 9.17) is 9.47 Å². The molecule has 1 amide bonds. The molecule has 0 spiro atoms. The Morgan fingerprint density at radius 2 is 1.45 bits per heavy atom. The monoisotopic (exact) mass is 530 g/mol. The fraction of sp³-hybridized carbons (Fsp3) is 0.167. The molecular weight excluding hydrogens is 500 g/mol. The number of rotatable bonds is 10. The molecule has 0 saturated heterocycles. The Kier molecular flexibility index (Phi) is 8.33. The molecule has 7 nitrogen and oxygen atoms in total. The van der Waals surface area contributed by atoms with Crippen LogP contribution in [-0.2, 0) is 21.4 Å². The van der Waals surface area contributed by atoms with E-state index < -0.39 is 10.0 Å². The predicted octanol–water partition coefficient (Wildman–Crippen LogP) is 6.01. The number of nitrogens with one attached hydrogen (secondary N) is 2. The second-order valence-corrected chi connectivity index (χ2v) is 10.6. The Morgan fingerprint density at radius 3 is 2.13 bits per heavy atom. The fourth-order valence-electron chi connectivity index (χ4n) is 3.69. The topological polar surface area (TPSA) is 93.7 Å². The van der Waals surface area contributed by atoms with Crippen molar-refractivity contribution < 1.29 is 22.7 Å². The summed E-state index contributed by atoms with van der Waals surface area (Å²) in [4.78, 5) is 12.5. The SMILES string of the molecule is Cc1ccc(NS(=O)(=O)c2ccc(OCC(=O)Nc3ccc(OCc4ccccc4)cc3)c(C)c2)cc1C. The van der Waals surface area contributed by atoms with Gasteiger partial charge in [0.1, 0.15) is 18.1 Å². The highest BCUT2D eigenvalue weighted by atomic mass is 32.2. The summed E-state index contributed by atoms with van der Waals surface area (Å²) >= 11 is 0. The Hall–Kier alpha value is -4.30. The van der Waals surface area contributed by atoms with E-state index in [1.54, 1.807) is 49.4 Å². The molecule has 2 N–H and O–H groups in total. The predicted molar refractivity (Wildman–Crippen MR) is 149 cm³/mol. The first-order valence-electron chi connectivity index (χ1n) is 12.1. The number of carbonyl (C=O) groups is 1. The maximum Gasteiger partial charge on any atom is 0.262 e. The van der Waals surface area contributed by atoms with Gasteiger partial charge >= 0.3 is 0 Å². The van der Waals surface area contributed by atoms with E-state index in [0.29, 0.717) is 35.0 Å². The Labute approximate surface area is 223 Å². The molecule has 4 aromatic carbocycles. The first-order chi connectivity index (χ1) is 18.2. The molecule has 196 valence electrons. The lowest BCUT2D eigenvalue weighted by Crippen LogP contribution is -2.20. The normalized spacial score (nSPS) is 11.0. The van der Waals surface area contributed by atoms with Crippen LogP contribution in [-0.4, -0.2) is 20.9 Å². The minimum absolute atomic E-state index is 0.111. The maximum atomic E-state index is 12.8. The third-order valence-electron chi connectivity index (χ3n) is 5.96. The number of ether oxygens (including phenoxy) is 2. The van der Waals surface area contributed by atoms with Crippen molar-refractivity contribution in [1.29, 1.82) is 0 Å². The summed E-state index contributed by atoms with van der Waals surface area (Å²) in [7, 11) is -3.77. The highest BCUT2D eigenvalue weighted by Gasteiger charge is 2.16. The molecule has 0 aromatic heterocycles. The molecule has 0 aliphatic carbocycles. The molecule has 0 atom stereocenters. The number of anilines is 2. The van der Waals surface area contributed by atoms with Crippen molar-refractivity contribution in [1.82, 2.24) is 0 Å². The minimum atomic E-state index is -3.77. The number of benzene rings is 4. The van der Waals surface area contributed by atoms with Crippen molar-refractivity contribution in [2.75, 3.05) is 16.6 Å². The van der Waals surface area contributed by atoms with Crippen molar-refractivity contribution in [3.8, 4) is 11.5 Å². The first-order valence-corrected chi connectivity index (χ1v) is 13.6. The molecule has 0 aliphatic heterocycles. The van der Waals surface area contributed by atoms with Gasteiger partial charge in [0.15, 0.2) is 6.61 Å². The number of amides is 1. The zero-order chi connectivity index (χ0) is 27.1. The summed E-state index contributed by atoms with van der Waals surface area (Å²) in [6.07, 6.45) is 0. The number of aryl methyl sites for hydroxylation is 3. The van der Waals surface area contributed by atoms with Gasteiger partial charge in [-0.1, -0.05) is 36.4 Å². The first kappa shape index (κ1) is 26.8. The van der Waals surface area contributed by atoms with Crippen LogP contribution >= 0.6 is 0 Å². The molecule has 0 saturated carbocycles. The third-order valence-corrected chi connectivity index (χ3v) is 7.34. The van der Waals surface area contributed by atoms with E-state index in [9.17, 15) is 13.2 Å². The molecule has 0 aliphatic rings. The molecule has 0 fully saturated rings. The summed E-state index contributed by atoms with van der Waals surface area (Å²) in [5.74, 6) is 0.783. The van der Waals surface area contributed by atoms with Crippen LogP contribution in [0.2, 0.25) is 0 Å². The molecule has 38 heavy (non-hydrogen) atoms. The van der Waals surface area contributed by atoms with Crippen LogP contribution in [0.15, 0.2) is 95.9 Å². The summed E-state index contributed by atoms with van der Waals surface area (Å²) in [5, 5.41) is 2.78. The fourth-order valence-corrected chi connectivity index (χ4v) is 4.82. The van der Waals surface area contributed by atoms with Gasteiger partial charge in [-0.25, -0.2) is 8.42 Å². The van der Waals surface area contributed by atoms with Crippen LogP contribution in [0.1, 0.15) is 22.3 Å². The van der Waals surface area contributed by atoms with E-state index >= 15 is 0 Å². The van der Waals surface area contributed by atoms with Crippen LogP contribution in [0.25, 0.3) is 0 Å². The van der Waals surface area contributed by atoms with Crippen LogP contribution < -0.4 is 19.5 Å². The van der Waals surface area contributed by atoms with Gasteiger partial charge in [0.05, 0.1) is 4.90 Å². The third kappa shape index (κ3) is 7.14. The van der Waals surface area contributed by atoms with Gasteiger partial charge in [0, 0.05) is 11.4 Å². The number of sulfonamides is 1. The highest BCUT2D eigenvalue weighted by molar-refractivity contribution is 7.92. The van der Waals surface area contributed by atoms with E-state index in [1.807, 2.05) is 50.2 Å². The standard InChI is InChI=1S/C30H30N2O5S/c1-21-9-10-26(17-22(21)2)32-38(34,35)28-15-16-29(23(3)18-28)37-20-30(33)31-25-11-13-27(14-12-25)36-19-24-7-5-4-6-8-24/h4-18,32H,19-20H2,1-3H3,(H,31,33). The zero-order valence-electron chi connectivity index (χ0n) is 21.5. The Balaban J connectivity index is 1.30. The summed E-state index contributed by atoms with van der Waals surface area (Å²) in [5.41, 5.74) is 4.86. The van der Waals surface area contributed by atoms with Crippen molar-refractivity contribution in [2.45, 2.75) is 32.3 Å². The smallest absolute Gasteiger partial charge is 0.262 e. The highest BCUT2D eigenvalue weighted by Crippen LogP contribution is 2.25. The Morgan fingerprint density at radius 1 is 0.737 bits per heavy atom. The van der Waals surface area contributed by atoms with Gasteiger partial charge in [-0.3, -0.25) is 9.52 Å². The van der Waals surface area contributed by atoms with Crippen LogP contribution in [0.5, 0.6) is 11.5 Å². The zero-order valence-corrected chi connectivity index (χ0v) is 22.3. The van der Waals surface area contributed by atoms with Crippen LogP contribution in [0.4, 0.5) is 11.4 Å². The van der Waals surface area contributed by atoms with Crippen LogP contribution in [0, 0.1) is 20.8 Å². The summed E-state index contributed by atoms with van der Waals surface area (Å²) in [6.45, 7) is 5.86. The molecule has 4 aromatic rings. The van der Waals surface area contributed by atoms with E-state index in [0.717, 1.165) is 16.7 Å². The van der Waals surface area contributed by atoms with E-state index in [-0.39, 0.29) is 17.4 Å². The number of hydrogen-bond donors (Lipinski definition) is 2. The molecule has 4 rings (SSSR count). The molecule has 8 heteroatoms. The molecule has 0 heterocycles. The second-order valence-electron chi connectivity index (χ2n) is 8.97. The van der Waals surface area contributed by atoms with Gasteiger partial charge in [-0.05, 0) is 97.6 Å². The lowest BCUT2D eigenvalue weighted by molar-refractivity contribution is -0.118. The van der Waals surface area contributed by atoms with Gasteiger partial charge < -0.3 is 14.8 Å². The second kappa shape index (κ2) is 11.8. The van der Waals surface area contributed by atoms with Gasteiger partial charge in [-0.15, -0.1) is 0 Å². The molecule has 0 unspecified atom stereocenters. The minimum Gasteiger partial charge on any atom is -0.489 e. The van der Waals surface area contributed by atoms with E-state index in [1.165, 1.54) is 12.1 Å². The lowest BCUT2D eigenvalue weighted by atomic mass is 10.1. The van der Waals surface area contributed by atoms with E-state index in [2.05, 4.69) is 10.0 Å². The number of hydrogen-bond acceptors (Lipinski definition) is 5. The van der Waals surface area contributed by atoms with Crippen molar-refractivity contribution >= 4 is 27.3 Å². The number of carbonyl (C=O) groups excluding carboxylic acids is 1. The molecule has 0 radical (unpaired) electrons. The largest absolute Gasteiger partial charge is 0.489 e. The Bertz CT molecular complexity index is 1520. The van der Waals surface area contributed by atoms with Crippen molar-refractivity contribution in [2.24, 2.45) is 0 Å². The van der Waals surface area contributed by atoms with Crippen molar-refractivity contribution in [3.05, 3.63) is 113 Å². The summed E-state index contributed by atoms with van der Waals surface area (Å²) in [6, 6.07) is 26.9. The molecular formula is C30H30N2O5S. The summed E-state index contributed by atoms with van der Waals surface area (Å²) < 4.78 is 39.7. The van der Waals surface area contributed by atoms with Gasteiger partial charge in [-0.2, -0.15) is 0 Å². The van der Waals surface area contributed by atoms with Crippen molar-refractivity contribution in [3.63, 3.8) is 0 Å². The van der Waals surface area contributed by atoms with Gasteiger partial charge in [0.2, 0.25) is 0 Å². The quantitative estimate of drug-likeness (QED) is 0.262. The lowest BCUT2D eigenvalue weighted by Gasteiger charge is -2.13. The molecule has 0 bridgehead atoms. The average molecular weight is 531 g/mol. The van der Waals surface area contributed by atoms with Gasteiger partial charge in [0.25, 0.3) is 15.9 Å². The maximum absolute atomic E-state index is 12.8. The van der Waals surface area contributed by atoms with Crippen LogP contribution in [0.3, 0.4) is 0 Å².